The number of aromatic nitrogens is 1. The molecule has 0 aliphatic heterocycles. The van der Waals surface area contributed by atoms with Crippen molar-refractivity contribution in [3.8, 4) is 17.2 Å². The molecule has 0 radical (unpaired) electrons. The number of hydrogen-bond donors (Lipinski definition) is 3. The zero-order chi connectivity index (χ0) is 26.5. The van der Waals surface area contributed by atoms with E-state index in [-0.39, 0.29) is 18.0 Å². The Kier molecular flexibility index (Phi) is 7.60. The molecule has 1 aliphatic rings. The highest BCUT2D eigenvalue weighted by atomic mass is 35.5. The van der Waals surface area contributed by atoms with Gasteiger partial charge in [0.05, 0.1) is 21.8 Å². The summed E-state index contributed by atoms with van der Waals surface area (Å²) in [6.07, 6.45) is 3.62. The number of nitrogens with one attached hydrogen (secondary N) is 3. The summed E-state index contributed by atoms with van der Waals surface area (Å²) in [6, 6.07) is 19.9. The van der Waals surface area contributed by atoms with Crippen molar-refractivity contribution in [2.45, 2.75) is 32.4 Å². The first-order valence-electron chi connectivity index (χ1n) is 12.4. The molecule has 1 saturated carbocycles. The SMILES string of the molecule is CCNC(=O)c1cc2c(Oc3ccc(NC(=O)NC4CC4)c(Cl)c3)ccnc2cc1OCc1ccccc1. The van der Waals surface area contributed by atoms with E-state index in [9.17, 15) is 9.59 Å². The van der Waals surface area contributed by atoms with E-state index in [4.69, 9.17) is 21.1 Å². The van der Waals surface area contributed by atoms with Crippen LogP contribution in [0.5, 0.6) is 17.2 Å². The van der Waals surface area contributed by atoms with Crippen molar-refractivity contribution >= 4 is 40.1 Å². The zero-order valence-corrected chi connectivity index (χ0v) is 21.5. The van der Waals surface area contributed by atoms with Crippen LogP contribution in [0, 0.1) is 0 Å². The van der Waals surface area contributed by atoms with Crippen molar-refractivity contribution in [2.75, 3.05) is 11.9 Å². The molecule has 1 aromatic heterocycles. The highest BCUT2D eigenvalue weighted by Crippen LogP contribution is 2.35. The molecule has 38 heavy (non-hydrogen) atoms. The van der Waals surface area contributed by atoms with Gasteiger partial charge in [-0.2, -0.15) is 0 Å². The topological polar surface area (TPSA) is 102 Å². The number of amides is 3. The van der Waals surface area contributed by atoms with Crippen molar-refractivity contribution in [3.63, 3.8) is 0 Å². The van der Waals surface area contributed by atoms with Gasteiger partial charge in [0.25, 0.3) is 5.91 Å². The minimum atomic E-state index is -0.286. The fraction of sp³-hybridized carbons (Fsp3) is 0.207. The molecular formula is C29H27ClN4O4. The summed E-state index contributed by atoms with van der Waals surface area (Å²) in [7, 11) is 0. The normalized spacial score (nSPS) is 12.6. The quantitative estimate of drug-likeness (QED) is 0.236. The second-order valence-electron chi connectivity index (χ2n) is 8.92. The first kappa shape index (κ1) is 25.4. The Morgan fingerprint density at radius 3 is 2.58 bits per heavy atom. The molecule has 1 fully saturated rings. The molecule has 0 bridgehead atoms. The highest BCUT2D eigenvalue weighted by molar-refractivity contribution is 6.33. The predicted molar refractivity (Wildman–Crippen MR) is 147 cm³/mol. The third-order valence-electron chi connectivity index (χ3n) is 5.95. The van der Waals surface area contributed by atoms with Crippen LogP contribution >= 0.6 is 11.6 Å². The number of rotatable bonds is 9. The Balaban J connectivity index is 1.41. The first-order valence-corrected chi connectivity index (χ1v) is 12.8. The molecule has 4 aromatic rings. The van der Waals surface area contributed by atoms with Gasteiger partial charge in [-0.15, -0.1) is 0 Å². The highest BCUT2D eigenvalue weighted by Gasteiger charge is 2.23. The third kappa shape index (κ3) is 6.15. The van der Waals surface area contributed by atoms with Crippen LogP contribution in [0.15, 0.2) is 72.9 Å². The van der Waals surface area contributed by atoms with E-state index in [0.717, 1.165) is 18.4 Å². The number of benzene rings is 3. The van der Waals surface area contributed by atoms with Crippen LogP contribution in [0.1, 0.15) is 35.7 Å². The van der Waals surface area contributed by atoms with Gasteiger partial charge in [-0.25, -0.2) is 4.79 Å². The Bertz CT molecular complexity index is 1470. The largest absolute Gasteiger partial charge is 0.488 e. The molecule has 9 heteroatoms. The van der Waals surface area contributed by atoms with Crippen LogP contribution < -0.4 is 25.4 Å². The lowest BCUT2D eigenvalue weighted by atomic mass is 10.1. The molecule has 3 N–H and O–H groups in total. The Morgan fingerprint density at radius 1 is 1.03 bits per heavy atom. The molecule has 5 rings (SSSR count). The number of hydrogen-bond acceptors (Lipinski definition) is 5. The molecule has 1 aliphatic carbocycles. The lowest BCUT2D eigenvalue weighted by Crippen LogP contribution is -2.30. The van der Waals surface area contributed by atoms with Gasteiger partial charge in [-0.05, 0) is 49.6 Å². The summed E-state index contributed by atoms with van der Waals surface area (Å²) in [6.45, 7) is 2.65. The molecular weight excluding hydrogens is 504 g/mol. The van der Waals surface area contributed by atoms with Gasteiger partial charge >= 0.3 is 6.03 Å². The summed E-state index contributed by atoms with van der Waals surface area (Å²) >= 11 is 6.41. The minimum Gasteiger partial charge on any atom is -0.488 e. The van der Waals surface area contributed by atoms with Crippen molar-refractivity contribution in [2.24, 2.45) is 0 Å². The van der Waals surface area contributed by atoms with E-state index in [1.54, 1.807) is 42.6 Å². The van der Waals surface area contributed by atoms with Crippen molar-refractivity contribution < 1.29 is 19.1 Å². The van der Waals surface area contributed by atoms with E-state index < -0.39 is 0 Å². The third-order valence-corrected chi connectivity index (χ3v) is 6.26. The molecule has 3 aromatic carbocycles. The summed E-state index contributed by atoms with van der Waals surface area (Å²) in [5, 5.41) is 9.44. The summed E-state index contributed by atoms with van der Waals surface area (Å²) in [5.74, 6) is 1.15. The standard InChI is InChI=1S/C29H27ClN4O4/c1-2-31-28(35)22-15-21-25(16-27(22)37-17-18-6-4-3-5-7-18)32-13-12-26(21)38-20-10-11-24(23(30)14-20)34-29(36)33-19-8-9-19/h3-7,10-16,19H,2,8-9,17H2,1H3,(H,31,35)(H2,33,34,36). The number of nitrogens with zero attached hydrogens (tertiary/aromatic N) is 1. The molecule has 0 spiro atoms. The van der Waals surface area contributed by atoms with Gasteiger partial charge in [-0.3, -0.25) is 9.78 Å². The van der Waals surface area contributed by atoms with Crippen molar-refractivity contribution in [1.29, 1.82) is 0 Å². The maximum absolute atomic E-state index is 12.9. The Labute approximate surface area is 225 Å². The van der Waals surface area contributed by atoms with Gasteiger partial charge in [-0.1, -0.05) is 41.9 Å². The van der Waals surface area contributed by atoms with Crippen molar-refractivity contribution in [1.82, 2.24) is 15.6 Å². The molecule has 0 saturated heterocycles. The summed E-state index contributed by atoms with van der Waals surface area (Å²) in [4.78, 5) is 29.5. The first-order chi connectivity index (χ1) is 18.5. The van der Waals surface area contributed by atoms with Crippen LogP contribution in [0.4, 0.5) is 10.5 Å². The number of anilines is 1. The van der Waals surface area contributed by atoms with Crippen LogP contribution in [-0.2, 0) is 6.61 Å². The summed E-state index contributed by atoms with van der Waals surface area (Å²) in [5.41, 5.74) is 2.46. The number of fused-ring (bicyclic) bond motifs is 1. The maximum atomic E-state index is 12.9. The zero-order valence-electron chi connectivity index (χ0n) is 20.8. The fourth-order valence-electron chi connectivity index (χ4n) is 3.88. The number of halogens is 1. The number of carbonyl (C=O) groups is 2. The molecule has 8 nitrogen and oxygen atoms in total. The van der Waals surface area contributed by atoms with Gasteiger partial charge in [0.2, 0.25) is 0 Å². The van der Waals surface area contributed by atoms with E-state index in [0.29, 0.717) is 57.6 Å². The molecule has 0 unspecified atom stereocenters. The monoisotopic (exact) mass is 530 g/mol. The van der Waals surface area contributed by atoms with Crippen LogP contribution in [0.3, 0.4) is 0 Å². The minimum absolute atomic E-state index is 0.241. The van der Waals surface area contributed by atoms with E-state index in [1.165, 1.54) is 0 Å². The Morgan fingerprint density at radius 2 is 1.84 bits per heavy atom. The average Bonchev–Trinajstić information content (AvgIpc) is 3.73. The smallest absolute Gasteiger partial charge is 0.319 e. The van der Waals surface area contributed by atoms with Gasteiger partial charge in [0.1, 0.15) is 23.9 Å². The van der Waals surface area contributed by atoms with Crippen LogP contribution in [0.25, 0.3) is 10.9 Å². The van der Waals surface area contributed by atoms with E-state index in [2.05, 4.69) is 20.9 Å². The number of pyridine rings is 1. The van der Waals surface area contributed by atoms with Gasteiger partial charge < -0.3 is 25.4 Å². The molecule has 1 heterocycles. The summed E-state index contributed by atoms with van der Waals surface area (Å²) < 4.78 is 12.2. The molecule has 3 amide bonds. The van der Waals surface area contributed by atoms with Crippen LogP contribution in [-0.4, -0.2) is 29.5 Å². The molecule has 0 atom stereocenters. The van der Waals surface area contributed by atoms with Gasteiger partial charge in [0, 0.05) is 36.3 Å². The van der Waals surface area contributed by atoms with Crippen LogP contribution in [0.2, 0.25) is 5.02 Å². The number of urea groups is 1. The van der Waals surface area contributed by atoms with E-state index in [1.807, 2.05) is 37.3 Å². The van der Waals surface area contributed by atoms with Gasteiger partial charge in [0.15, 0.2) is 0 Å². The fourth-order valence-corrected chi connectivity index (χ4v) is 4.10. The molecule has 194 valence electrons. The lowest BCUT2D eigenvalue weighted by molar-refractivity contribution is 0.0951. The van der Waals surface area contributed by atoms with E-state index >= 15 is 0 Å². The lowest BCUT2D eigenvalue weighted by Gasteiger charge is -2.15. The van der Waals surface area contributed by atoms with Crippen molar-refractivity contribution in [3.05, 3.63) is 89.1 Å². The number of ether oxygens (including phenoxy) is 2. The maximum Gasteiger partial charge on any atom is 0.319 e. The predicted octanol–water partition coefficient (Wildman–Crippen LogP) is 6.29. The average molecular weight is 531 g/mol. The second kappa shape index (κ2) is 11.4. The second-order valence-corrected chi connectivity index (χ2v) is 9.33. The number of carbonyl (C=O) groups excluding carboxylic acids is 2. The Hall–Kier alpha value is -4.30.